The zero-order valence-corrected chi connectivity index (χ0v) is 7.71. The average molecular weight is 190 g/mol. The van der Waals surface area contributed by atoms with Crippen molar-refractivity contribution in [1.82, 2.24) is 14.9 Å². The summed E-state index contributed by atoms with van der Waals surface area (Å²) in [6.07, 6.45) is 3.33. The van der Waals surface area contributed by atoms with E-state index in [1.165, 1.54) is 12.0 Å². The van der Waals surface area contributed by atoms with Crippen LogP contribution in [0.15, 0.2) is 30.6 Å². The first-order valence-electron chi connectivity index (χ1n) is 4.12. The number of nitrogens with zero attached hydrogens (tertiary/aromatic N) is 3. The second kappa shape index (κ2) is 3.37. The van der Waals surface area contributed by atoms with E-state index in [1.807, 2.05) is 18.2 Å². The summed E-state index contributed by atoms with van der Waals surface area (Å²) in [4.78, 5) is 10.3. The molecule has 5 heteroatoms. The van der Waals surface area contributed by atoms with Gasteiger partial charge < -0.3 is 10.6 Å². The van der Waals surface area contributed by atoms with E-state index in [9.17, 15) is 0 Å². The summed E-state index contributed by atoms with van der Waals surface area (Å²) in [5, 5.41) is 3.94. The van der Waals surface area contributed by atoms with Crippen LogP contribution in [0.2, 0.25) is 0 Å². The van der Waals surface area contributed by atoms with Gasteiger partial charge in [0.15, 0.2) is 5.82 Å². The molecule has 0 aliphatic heterocycles. The number of aromatic nitrogens is 3. The van der Waals surface area contributed by atoms with Gasteiger partial charge in [0.1, 0.15) is 7.11 Å². The Morgan fingerprint density at radius 1 is 1.43 bits per heavy atom. The van der Waals surface area contributed by atoms with Crippen molar-refractivity contribution in [3.05, 3.63) is 30.6 Å². The fourth-order valence-electron chi connectivity index (χ4n) is 1.21. The smallest absolute Gasteiger partial charge is 0.172 e. The lowest BCUT2D eigenvalue weighted by Gasteiger charge is -2.01. The topological polar surface area (TPSA) is 66.0 Å². The Morgan fingerprint density at radius 3 is 2.86 bits per heavy atom. The molecule has 0 bridgehead atoms. The molecule has 0 aromatic carbocycles. The van der Waals surface area contributed by atoms with Crippen molar-refractivity contribution < 1.29 is 4.84 Å². The van der Waals surface area contributed by atoms with E-state index in [2.05, 4.69) is 10.1 Å². The van der Waals surface area contributed by atoms with E-state index in [0.717, 1.165) is 11.3 Å². The third kappa shape index (κ3) is 1.28. The number of pyridine rings is 1. The Kier molecular flexibility index (Phi) is 2.06. The molecule has 0 saturated carbocycles. The van der Waals surface area contributed by atoms with Crippen LogP contribution in [0.4, 0.5) is 5.82 Å². The van der Waals surface area contributed by atoms with Gasteiger partial charge in [0.25, 0.3) is 0 Å². The monoisotopic (exact) mass is 190 g/mol. The average Bonchev–Trinajstić information content (AvgIpc) is 2.61. The van der Waals surface area contributed by atoms with Crippen LogP contribution in [0, 0.1) is 0 Å². The molecular formula is C9H10N4O. The van der Waals surface area contributed by atoms with Gasteiger partial charge in [0, 0.05) is 6.20 Å². The zero-order valence-electron chi connectivity index (χ0n) is 7.71. The summed E-state index contributed by atoms with van der Waals surface area (Å²) in [5.41, 5.74) is 7.34. The Hall–Kier alpha value is -2.04. The van der Waals surface area contributed by atoms with Gasteiger partial charge in [-0.3, -0.25) is 4.98 Å². The zero-order chi connectivity index (χ0) is 9.97. The number of nitrogen functional groups attached to an aromatic ring is 1. The maximum absolute atomic E-state index is 5.78. The van der Waals surface area contributed by atoms with Gasteiger partial charge in [-0.05, 0) is 12.1 Å². The molecule has 0 amide bonds. The van der Waals surface area contributed by atoms with Gasteiger partial charge in [-0.25, -0.2) is 0 Å². The Labute approximate surface area is 81.1 Å². The van der Waals surface area contributed by atoms with E-state index in [0.29, 0.717) is 5.82 Å². The van der Waals surface area contributed by atoms with Crippen molar-refractivity contribution in [2.45, 2.75) is 0 Å². The molecule has 0 spiro atoms. The normalized spacial score (nSPS) is 10.1. The first kappa shape index (κ1) is 8.55. The molecule has 5 nitrogen and oxygen atoms in total. The van der Waals surface area contributed by atoms with Crippen LogP contribution in [0.3, 0.4) is 0 Å². The Bertz CT molecular complexity index is 424. The van der Waals surface area contributed by atoms with Gasteiger partial charge in [-0.2, -0.15) is 0 Å². The number of nitrogens with two attached hydrogens (primary N) is 1. The highest BCUT2D eigenvalue weighted by molar-refractivity contribution is 5.69. The molecule has 0 aliphatic carbocycles. The molecule has 0 aliphatic rings. The summed E-state index contributed by atoms with van der Waals surface area (Å²) in [6, 6.07) is 5.61. The summed E-state index contributed by atoms with van der Waals surface area (Å²) in [7, 11) is 1.51. The minimum Gasteiger partial charge on any atom is -0.398 e. The lowest BCUT2D eigenvalue weighted by atomic mass is 10.2. The largest absolute Gasteiger partial charge is 0.398 e. The maximum atomic E-state index is 5.78. The van der Waals surface area contributed by atoms with Gasteiger partial charge in [-0.1, -0.05) is 10.9 Å². The number of hydrogen-bond acceptors (Lipinski definition) is 4. The summed E-state index contributed by atoms with van der Waals surface area (Å²) in [6.45, 7) is 0. The highest BCUT2D eigenvalue weighted by atomic mass is 16.7. The fourth-order valence-corrected chi connectivity index (χ4v) is 1.21. The number of rotatable bonds is 2. The van der Waals surface area contributed by atoms with Crippen molar-refractivity contribution in [3.63, 3.8) is 0 Å². The third-order valence-electron chi connectivity index (χ3n) is 1.89. The first-order chi connectivity index (χ1) is 6.83. The van der Waals surface area contributed by atoms with Gasteiger partial charge in [0.2, 0.25) is 0 Å². The summed E-state index contributed by atoms with van der Waals surface area (Å²) < 4.78 is 0. The Morgan fingerprint density at radius 2 is 2.29 bits per heavy atom. The van der Waals surface area contributed by atoms with Crippen LogP contribution >= 0.6 is 0 Å². The van der Waals surface area contributed by atoms with Crippen LogP contribution < -0.4 is 10.6 Å². The predicted octanol–water partition coefficient (Wildman–Crippen LogP) is 0.586. The third-order valence-corrected chi connectivity index (χ3v) is 1.89. The van der Waals surface area contributed by atoms with E-state index in [4.69, 9.17) is 10.6 Å². The van der Waals surface area contributed by atoms with Gasteiger partial charge >= 0.3 is 0 Å². The van der Waals surface area contributed by atoms with Gasteiger partial charge in [0.05, 0.1) is 17.5 Å². The number of hydrogen-bond donors (Lipinski definition) is 1. The molecule has 0 unspecified atom stereocenters. The second-order valence-corrected chi connectivity index (χ2v) is 2.71. The molecule has 14 heavy (non-hydrogen) atoms. The van der Waals surface area contributed by atoms with Crippen LogP contribution in [-0.4, -0.2) is 22.0 Å². The maximum Gasteiger partial charge on any atom is 0.172 e. The standard InChI is InChI=1S/C9H10N4O/c1-14-13-9(10)7(6-12-13)8-4-2-3-5-11-8/h2-6H,10H2,1H3. The second-order valence-electron chi connectivity index (χ2n) is 2.71. The van der Waals surface area contributed by atoms with Crippen molar-refractivity contribution >= 4 is 5.82 Å². The molecule has 2 aromatic rings. The lowest BCUT2D eigenvalue weighted by molar-refractivity contribution is 0.139. The molecule has 72 valence electrons. The van der Waals surface area contributed by atoms with Crippen LogP contribution in [0.25, 0.3) is 11.3 Å². The van der Waals surface area contributed by atoms with E-state index < -0.39 is 0 Å². The van der Waals surface area contributed by atoms with Crippen molar-refractivity contribution in [2.24, 2.45) is 0 Å². The van der Waals surface area contributed by atoms with Crippen LogP contribution in [-0.2, 0) is 0 Å². The summed E-state index contributed by atoms with van der Waals surface area (Å²) >= 11 is 0. The van der Waals surface area contributed by atoms with Crippen molar-refractivity contribution in [3.8, 4) is 11.3 Å². The molecule has 0 saturated heterocycles. The molecular weight excluding hydrogens is 180 g/mol. The SMILES string of the molecule is COn1ncc(-c2ccccn2)c1N. The first-order valence-corrected chi connectivity index (χ1v) is 4.12. The van der Waals surface area contributed by atoms with E-state index in [-0.39, 0.29) is 0 Å². The minimum atomic E-state index is 0.450. The number of anilines is 1. The molecule has 2 aromatic heterocycles. The quantitative estimate of drug-likeness (QED) is 0.752. The van der Waals surface area contributed by atoms with Crippen LogP contribution in [0.1, 0.15) is 0 Å². The molecule has 2 N–H and O–H groups in total. The predicted molar refractivity (Wildman–Crippen MR) is 52.4 cm³/mol. The molecule has 2 rings (SSSR count). The van der Waals surface area contributed by atoms with E-state index >= 15 is 0 Å². The van der Waals surface area contributed by atoms with Crippen molar-refractivity contribution in [2.75, 3.05) is 12.8 Å². The molecule has 2 heterocycles. The molecule has 0 radical (unpaired) electrons. The highest BCUT2D eigenvalue weighted by Crippen LogP contribution is 2.21. The van der Waals surface area contributed by atoms with Crippen molar-refractivity contribution in [1.29, 1.82) is 0 Å². The lowest BCUT2D eigenvalue weighted by Crippen LogP contribution is -2.10. The van der Waals surface area contributed by atoms with E-state index in [1.54, 1.807) is 12.4 Å². The Balaban J connectivity index is 2.48. The van der Waals surface area contributed by atoms with Gasteiger partial charge in [-0.15, -0.1) is 5.10 Å². The minimum absolute atomic E-state index is 0.450. The fraction of sp³-hybridized carbons (Fsp3) is 0.111. The molecule has 0 atom stereocenters. The van der Waals surface area contributed by atoms with Crippen LogP contribution in [0.5, 0.6) is 0 Å². The molecule has 0 fully saturated rings. The highest BCUT2D eigenvalue weighted by Gasteiger charge is 2.09. The summed E-state index contributed by atoms with van der Waals surface area (Å²) in [5.74, 6) is 0.450.